The van der Waals surface area contributed by atoms with E-state index in [1.54, 1.807) is 19.5 Å². The predicted molar refractivity (Wildman–Crippen MR) is 32.2 cm³/mol. The van der Waals surface area contributed by atoms with E-state index in [9.17, 15) is 0 Å². The molecule has 1 aromatic rings. The highest BCUT2D eigenvalue weighted by Crippen LogP contribution is 1.93. The molecule has 0 aliphatic carbocycles. The van der Waals surface area contributed by atoms with Gasteiger partial charge in [0.1, 0.15) is 5.76 Å². The molecule has 0 atom stereocenters. The van der Waals surface area contributed by atoms with Crippen LogP contribution >= 0.6 is 0 Å². The van der Waals surface area contributed by atoms with Gasteiger partial charge in [-0.1, -0.05) is 0 Å². The summed E-state index contributed by atoms with van der Waals surface area (Å²) in [4.78, 5) is 3.76. The standard InChI is InChI=1S/C6H7NO/c1-7-5-6-3-2-4-8-6/h2-5H,1H3/b7-5+. The van der Waals surface area contributed by atoms with Crippen LogP contribution in [0.4, 0.5) is 0 Å². The molecule has 0 radical (unpaired) electrons. The number of nitrogens with zero attached hydrogens (tertiary/aromatic N) is 1. The average Bonchev–Trinajstić information content (AvgIpc) is 2.19. The van der Waals surface area contributed by atoms with Crippen molar-refractivity contribution in [2.75, 3.05) is 7.05 Å². The highest BCUT2D eigenvalue weighted by molar-refractivity contribution is 5.75. The van der Waals surface area contributed by atoms with Gasteiger partial charge in [-0.15, -0.1) is 0 Å². The molecule has 0 aliphatic rings. The predicted octanol–water partition coefficient (Wildman–Crippen LogP) is 1.33. The lowest BCUT2D eigenvalue weighted by molar-refractivity contribution is 0.560. The highest BCUT2D eigenvalue weighted by atomic mass is 16.3. The van der Waals surface area contributed by atoms with E-state index in [0.717, 1.165) is 5.76 Å². The molecule has 0 saturated heterocycles. The Morgan fingerprint density at radius 1 is 1.75 bits per heavy atom. The fourth-order valence-corrected chi connectivity index (χ4v) is 0.492. The molecule has 0 spiro atoms. The van der Waals surface area contributed by atoms with Gasteiger partial charge >= 0.3 is 0 Å². The molecule has 42 valence electrons. The summed E-state index contributed by atoms with van der Waals surface area (Å²) in [6.07, 6.45) is 3.29. The molecular weight excluding hydrogens is 102 g/mol. The second-order valence-electron chi connectivity index (χ2n) is 1.40. The molecule has 0 unspecified atom stereocenters. The summed E-state index contributed by atoms with van der Waals surface area (Å²) in [6.45, 7) is 0. The minimum Gasteiger partial charge on any atom is -0.463 e. The van der Waals surface area contributed by atoms with Gasteiger partial charge in [0.05, 0.1) is 12.5 Å². The van der Waals surface area contributed by atoms with Crippen molar-refractivity contribution in [3.05, 3.63) is 24.2 Å². The normalized spacial score (nSPS) is 10.6. The van der Waals surface area contributed by atoms with Crippen molar-refractivity contribution in [1.82, 2.24) is 0 Å². The SMILES string of the molecule is C/N=C/c1ccco1. The molecule has 2 nitrogen and oxygen atoms in total. The van der Waals surface area contributed by atoms with Crippen molar-refractivity contribution in [2.24, 2.45) is 4.99 Å². The van der Waals surface area contributed by atoms with Gasteiger partial charge in [0, 0.05) is 7.05 Å². The number of rotatable bonds is 1. The maximum absolute atomic E-state index is 4.92. The van der Waals surface area contributed by atoms with Crippen molar-refractivity contribution in [1.29, 1.82) is 0 Å². The molecule has 2 heteroatoms. The van der Waals surface area contributed by atoms with Crippen molar-refractivity contribution in [3.8, 4) is 0 Å². The fourth-order valence-electron chi connectivity index (χ4n) is 0.492. The second kappa shape index (κ2) is 2.31. The van der Waals surface area contributed by atoms with Gasteiger partial charge in [0.2, 0.25) is 0 Å². The first kappa shape index (κ1) is 5.09. The van der Waals surface area contributed by atoms with Gasteiger partial charge in [-0.3, -0.25) is 4.99 Å². The third kappa shape index (κ3) is 0.964. The van der Waals surface area contributed by atoms with Gasteiger partial charge < -0.3 is 4.42 Å². The maximum Gasteiger partial charge on any atom is 0.144 e. The molecule has 1 aromatic heterocycles. The Kier molecular flexibility index (Phi) is 1.47. The largest absolute Gasteiger partial charge is 0.463 e. The minimum atomic E-state index is 0.799. The minimum absolute atomic E-state index is 0.799. The third-order valence-electron chi connectivity index (χ3n) is 0.800. The quantitative estimate of drug-likeness (QED) is 0.499. The molecular formula is C6H7NO. The topological polar surface area (TPSA) is 25.5 Å². The van der Waals surface area contributed by atoms with E-state index in [2.05, 4.69) is 4.99 Å². The number of hydrogen-bond acceptors (Lipinski definition) is 2. The van der Waals surface area contributed by atoms with E-state index in [-0.39, 0.29) is 0 Å². The lowest BCUT2D eigenvalue weighted by Crippen LogP contribution is -1.69. The zero-order chi connectivity index (χ0) is 5.82. The van der Waals surface area contributed by atoms with Crippen LogP contribution in [0, 0.1) is 0 Å². The molecule has 8 heavy (non-hydrogen) atoms. The smallest absolute Gasteiger partial charge is 0.144 e. The van der Waals surface area contributed by atoms with Crippen LogP contribution in [0.25, 0.3) is 0 Å². The third-order valence-corrected chi connectivity index (χ3v) is 0.800. The van der Waals surface area contributed by atoms with Gasteiger partial charge in [0.25, 0.3) is 0 Å². The van der Waals surface area contributed by atoms with Crippen molar-refractivity contribution in [2.45, 2.75) is 0 Å². The first-order valence-electron chi connectivity index (χ1n) is 2.39. The first-order valence-corrected chi connectivity index (χ1v) is 2.39. The molecule has 0 N–H and O–H groups in total. The second-order valence-corrected chi connectivity index (χ2v) is 1.40. The summed E-state index contributed by atoms with van der Waals surface area (Å²) in [5, 5.41) is 0. The van der Waals surface area contributed by atoms with Gasteiger partial charge in [0.15, 0.2) is 0 Å². The van der Waals surface area contributed by atoms with E-state index < -0.39 is 0 Å². The monoisotopic (exact) mass is 109 g/mol. The Labute approximate surface area is 47.9 Å². The Bertz CT molecular complexity index is 165. The van der Waals surface area contributed by atoms with Gasteiger partial charge in [-0.05, 0) is 12.1 Å². The van der Waals surface area contributed by atoms with Gasteiger partial charge in [-0.2, -0.15) is 0 Å². The van der Waals surface area contributed by atoms with Crippen LogP contribution in [0.3, 0.4) is 0 Å². The maximum atomic E-state index is 4.92. The summed E-state index contributed by atoms with van der Waals surface area (Å²) in [5.41, 5.74) is 0. The van der Waals surface area contributed by atoms with Crippen LogP contribution in [0.1, 0.15) is 5.76 Å². The van der Waals surface area contributed by atoms with E-state index in [0.29, 0.717) is 0 Å². The summed E-state index contributed by atoms with van der Waals surface area (Å²) in [6, 6.07) is 3.68. The molecule has 1 heterocycles. The first-order chi connectivity index (χ1) is 3.93. The van der Waals surface area contributed by atoms with Crippen LogP contribution < -0.4 is 0 Å². The number of hydrogen-bond donors (Lipinski definition) is 0. The molecule has 0 fully saturated rings. The molecule has 0 aliphatic heterocycles. The lowest BCUT2D eigenvalue weighted by atomic mass is 10.5. The molecule has 0 aromatic carbocycles. The summed E-state index contributed by atoms with van der Waals surface area (Å²) < 4.78 is 4.92. The van der Waals surface area contributed by atoms with Crippen molar-refractivity contribution in [3.63, 3.8) is 0 Å². The Morgan fingerprint density at radius 3 is 3.12 bits per heavy atom. The van der Waals surface area contributed by atoms with Crippen LogP contribution in [-0.2, 0) is 0 Å². The summed E-state index contributed by atoms with van der Waals surface area (Å²) >= 11 is 0. The fraction of sp³-hybridized carbons (Fsp3) is 0.167. The van der Waals surface area contributed by atoms with E-state index >= 15 is 0 Å². The summed E-state index contributed by atoms with van der Waals surface area (Å²) in [5.74, 6) is 0.799. The molecule has 1 rings (SSSR count). The van der Waals surface area contributed by atoms with Crippen LogP contribution in [0.5, 0.6) is 0 Å². The van der Waals surface area contributed by atoms with E-state index in [1.807, 2.05) is 12.1 Å². The Morgan fingerprint density at radius 2 is 2.62 bits per heavy atom. The van der Waals surface area contributed by atoms with Crippen LogP contribution in [0.15, 0.2) is 27.8 Å². The van der Waals surface area contributed by atoms with E-state index in [1.165, 1.54) is 0 Å². The van der Waals surface area contributed by atoms with E-state index in [4.69, 9.17) is 4.42 Å². The number of furan rings is 1. The molecule has 0 amide bonds. The lowest BCUT2D eigenvalue weighted by Gasteiger charge is -1.75. The number of aliphatic imine (C=N–C) groups is 1. The Hall–Kier alpha value is -1.05. The Balaban J connectivity index is 2.77. The molecule has 0 saturated carbocycles. The zero-order valence-electron chi connectivity index (χ0n) is 4.66. The molecule has 0 bridgehead atoms. The van der Waals surface area contributed by atoms with Crippen LogP contribution in [0.2, 0.25) is 0 Å². The van der Waals surface area contributed by atoms with Crippen molar-refractivity contribution >= 4 is 6.21 Å². The highest BCUT2D eigenvalue weighted by Gasteiger charge is 1.83. The van der Waals surface area contributed by atoms with Gasteiger partial charge in [-0.25, -0.2) is 0 Å². The van der Waals surface area contributed by atoms with Crippen molar-refractivity contribution < 1.29 is 4.42 Å². The average molecular weight is 109 g/mol. The summed E-state index contributed by atoms with van der Waals surface area (Å²) in [7, 11) is 1.71. The van der Waals surface area contributed by atoms with Crippen LogP contribution in [-0.4, -0.2) is 13.3 Å². The zero-order valence-corrected chi connectivity index (χ0v) is 4.66.